The second-order valence-corrected chi connectivity index (χ2v) is 8.03. The molecule has 31 heavy (non-hydrogen) atoms. The summed E-state index contributed by atoms with van der Waals surface area (Å²) in [4.78, 5) is 52.5. The average Bonchev–Trinajstić information content (AvgIpc) is 2.66. The summed E-state index contributed by atoms with van der Waals surface area (Å²) < 4.78 is 0. The summed E-state index contributed by atoms with van der Waals surface area (Å²) in [7, 11) is 0. The summed E-state index contributed by atoms with van der Waals surface area (Å²) in [6.45, 7) is 7.08. The number of nitrogens with zero attached hydrogens (tertiary/aromatic N) is 1. The van der Waals surface area contributed by atoms with Crippen LogP contribution in [0.3, 0.4) is 0 Å². The zero-order chi connectivity index (χ0) is 24.1. The quantitative estimate of drug-likeness (QED) is 0.0924. The number of aliphatic imine (C=N–C) groups is 1. The number of hydrogen-bond acceptors (Lipinski definition) is 6. The minimum absolute atomic E-state index is 0.0505. The molecule has 3 amide bonds. The van der Waals surface area contributed by atoms with Crippen LogP contribution in [-0.2, 0) is 19.2 Å². The molecule has 10 N–H and O–H groups in total. The van der Waals surface area contributed by atoms with Gasteiger partial charge >= 0.3 is 5.97 Å². The maximum absolute atomic E-state index is 12.8. The maximum atomic E-state index is 12.8. The third-order valence-corrected chi connectivity index (χ3v) is 4.35. The smallest absolute Gasteiger partial charge is 0.326 e. The van der Waals surface area contributed by atoms with Crippen LogP contribution in [-0.4, -0.2) is 66.0 Å². The van der Waals surface area contributed by atoms with Crippen molar-refractivity contribution in [1.82, 2.24) is 16.0 Å². The van der Waals surface area contributed by atoms with Crippen molar-refractivity contribution >= 4 is 29.7 Å². The van der Waals surface area contributed by atoms with Crippen molar-refractivity contribution in [1.29, 1.82) is 0 Å². The number of nitrogens with one attached hydrogen (secondary N) is 3. The van der Waals surface area contributed by atoms with Crippen molar-refractivity contribution < 1.29 is 24.3 Å². The van der Waals surface area contributed by atoms with Crippen molar-refractivity contribution in [2.45, 2.75) is 65.1 Å². The monoisotopic (exact) mass is 443 g/mol. The van der Waals surface area contributed by atoms with E-state index in [1.165, 1.54) is 0 Å². The highest BCUT2D eigenvalue weighted by atomic mass is 16.4. The van der Waals surface area contributed by atoms with Gasteiger partial charge in [0.15, 0.2) is 5.96 Å². The van der Waals surface area contributed by atoms with Gasteiger partial charge in [0.05, 0.1) is 6.54 Å². The van der Waals surface area contributed by atoms with Crippen LogP contribution in [0.15, 0.2) is 4.99 Å². The largest absolute Gasteiger partial charge is 0.480 e. The van der Waals surface area contributed by atoms with Gasteiger partial charge in [0, 0.05) is 6.54 Å². The van der Waals surface area contributed by atoms with Gasteiger partial charge in [0.2, 0.25) is 17.7 Å². The van der Waals surface area contributed by atoms with Crippen LogP contribution in [0.1, 0.15) is 47.0 Å². The normalized spacial score (nSPS) is 13.8. The van der Waals surface area contributed by atoms with Crippen LogP contribution in [0.2, 0.25) is 0 Å². The van der Waals surface area contributed by atoms with Gasteiger partial charge in [-0.1, -0.05) is 27.7 Å². The highest BCUT2D eigenvalue weighted by molar-refractivity contribution is 5.93. The van der Waals surface area contributed by atoms with E-state index in [0.29, 0.717) is 6.42 Å². The van der Waals surface area contributed by atoms with E-state index in [1.54, 1.807) is 13.8 Å². The zero-order valence-electron chi connectivity index (χ0n) is 18.7. The van der Waals surface area contributed by atoms with Gasteiger partial charge in [-0.05, 0) is 31.1 Å². The van der Waals surface area contributed by atoms with Gasteiger partial charge in [-0.15, -0.1) is 0 Å². The van der Waals surface area contributed by atoms with E-state index in [1.807, 2.05) is 13.8 Å². The van der Waals surface area contributed by atoms with Crippen LogP contribution in [0.4, 0.5) is 0 Å². The summed E-state index contributed by atoms with van der Waals surface area (Å²) in [6.07, 6.45) is 0.862. The van der Waals surface area contributed by atoms with Gasteiger partial charge in [0.25, 0.3) is 0 Å². The molecule has 0 aliphatic heterocycles. The number of carboxylic acid groups (broad SMARTS) is 1. The van der Waals surface area contributed by atoms with Crippen molar-refractivity contribution in [3.63, 3.8) is 0 Å². The van der Waals surface area contributed by atoms with Crippen LogP contribution < -0.4 is 33.2 Å². The van der Waals surface area contributed by atoms with E-state index in [9.17, 15) is 24.3 Å². The van der Waals surface area contributed by atoms with E-state index in [-0.39, 0.29) is 43.7 Å². The fraction of sp³-hybridized carbons (Fsp3) is 0.737. The lowest BCUT2D eigenvalue weighted by Crippen LogP contribution is -2.57. The van der Waals surface area contributed by atoms with Crippen molar-refractivity contribution in [2.24, 2.45) is 34.0 Å². The summed E-state index contributed by atoms with van der Waals surface area (Å²) >= 11 is 0. The SMILES string of the molecule is CC(C)CC(NC(=O)C(NC(=O)C(CCCN=C(N)N)NC(=O)CN)C(C)C)C(=O)O. The van der Waals surface area contributed by atoms with Gasteiger partial charge in [-0.2, -0.15) is 0 Å². The first-order valence-corrected chi connectivity index (χ1v) is 10.3. The Kier molecular flexibility index (Phi) is 12.9. The van der Waals surface area contributed by atoms with Crippen LogP contribution in [0.5, 0.6) is 0 Å². The van der Waals surface area contributed by atoms with E-state index in [4.69, 9.17) is 17.2 Å². The van der Waals surface area contributed by atoms with Gasteiger partial charge in [-0.25, -0.2) is 4.79 Å². The molecule has 0 aliphatic carbocycles. The van der Waals surface area contributed by atoms with Crippen LogP contribution >= 0.6 is 0 Å². The van der Waals surface area contributed by atoms with E-state index in [0.717, 1.165) is 0 Å². The van der Waals surface area contributed by atoms with Gasteiger partial charge < -0.3 is 38.3 Å². The number of guanidine groups is 1. The molecule has 0 heterocycles. The first-order chi connectivity index (χ1) is 14.4. The summed E-state index contributed by atoms with van der Waals surface area (Å²) in [5.41, 5.74) is 15.9. The Bertz CT molecular complexity index is 648. The topological polar surface area (TPSA) is 215 Å². The van der Waals surface area contributed by atoms with Crippen molar-refractivity contribution in [3.05, 3.63) is 0 Å². The molecule has 12 nitrogen and oxygen atoms in total. The second kappa shape index (κ2) is 14.2. The average molecular weight is 444 g/mol. The number of rotatable bonds is 14. The first-order valence-electron chi connectivity index (χ1n) is 10.3. The molecule has 0 aromatic heterocycles. The third kappa shape index (κ3) is 11.8. The molecule has 3 unspecified atom stereocenters. The lowest BCUT2D eigenvalue weighted by molar-refractivity contribution is -0.143. The molecule has 3 atom stereocenters. The molecule has 0 saturated carbocycles. The molecule has 0 rings (SSSR count). The number of nitrogens with two attached hydrogens (primary N) is 3. The lowest BCUT2D eigenvalue weighted by Gasteiger charge is -2.27. The third-order valence-electron chi connectivity index (χ3n) is 4.35. The summed E-state index contributed by atoms with van der Waals surface area (Å²) in [5.74, 6) is -3.24. The predicted octanol–water partition coefficient (Wildman–Crippen LogP) is -1.76. The molecular formula is C19H37N7O5. The number of hydrogen-bond donors (Lipinski definition) is 7. The van der Waals surface area contributed by atoms with E-state index >= 15 is 0 Å². The minimum Gasteiger partial charge on any atom is -0.480 e. The molecule has 0 aromatic carbocycles. The summed E-state index contributed by atoms with van der Waals surface area (Å²) in [5, 5.41) is 17.0. The molecule has 0 aromatic rings. The Balaban J connectivity index is 5.29. The molecule has 0 fully saturated rings. The second-order valence-electron chi connectivity index (χ2n) is 8.03. The Morgan fingerprint density at radius 2 is 1.55 bits per heavy atom. The molecule has 0 spiro atoms. The molecule has 0 aliphatic rings. The number of carbonyl (C=O) groups is 4. The van der Waals surface area contributed by atoms with Crippen LogP contribution in [0, 0.1) is 11.8 Å². The molecule has 0 saturated heterocycles. The number of carbonyl (C=O) groups excluding carboxylic acids is 3. The number of amides is 3. The van der Waals surface area contributed by atoms with E-state index in [2.05, 4.69) is 20.9 Å². The Hall–Kier alpha value is -2.89. The van der Waals surface area contributed by atoms with Gasteiger partial charge in [0.1, 0.15) is 18.1 Å². The Labute approximate surface area is 182 Å². The van der Waals surface area contributed by atoms with Gasteiger partial charge in [-0.3, -0.25) is 19.4 Å². The number of carboxylic acids is 1. The van der Waals surface area contributed by atoms with Crippen molar-refractivity contribution in [2.75, 3.05) is 13.1 Å². The fourth-order valence-corrected chi connectivity index (χ4v) is 2.77. The van der Waals surface area contributed by atoms with Crippen molar-refractivity contribution in [3.8, 4) is 0 Å². The molecule has 178 valence electrons. The highest BCUT2D eigenvalue weighted by Crippen LogP contribution is 2.09. The lowest BCUT2D eigenvalue weighted by atomic mass is 9.99. The molecule has 0 radical (unpaired) electrons. The van der Waals surface area contributed by atoms with Crippen LogP contribution in [0.25, 0.3) is 0 Å². The summed E-state index contributed by atoms with van der Waals surface area (Å²) in [6, 6.07) is -3.01. The van der Waals surface area contributed by atoms with E-state index < -0.39 is 41.8 Å². The Morgan fingerprint density at radius 1 is 0.935 bits per heavy atom. The highest BCUT2D eigenvalue weighted by Gasteiger charge is 2.31. The first kappa shape index (κ1) is 28.1. The standard InChI is InChI=1S/C19H37N7O5/c1-10(2)8-13(18(30)31)25-17(29)15(11(3)4)26-16(28)12(24-14(27)9-20)6-5-7-23-19(21)22/h10-13,15H,5-9,20H2,1-4H3,(H,24,27)(H,25,29)(H,26,28)(H,30,31)(H4,21,22,23). The Morgan fingerprint density at radius 3 is 2.00 bits per heavy atom. The predicted molar refractivity (Wildman–Crippen MR) is 117 cm³/mol. The number of aliphatic carboxylic acids is 1. The minimum atomic E-state index is -1.15. The molecular weight excluding hydrogens is 406 g/mol. The zero-order valence-corrected chi connectivity index (χ0v) is 18.7. The fourth-order valence-electron chi connectivity index (χ4n) is 2.77. The maximum Gasteiger partial charge on any atom is 0.326 e. The molecule has 0 bridgehead atoms. The molecule has 12 heteroatoms.